The van der Waals surface area contributed by atoms with Crippen LogP contribution in [0.5, 0.6) is 0 Å². The van der Waals surface area contributed by atoms with Gasteiger partial charge < -0.3 is 15.7 Å². The van der Waals surface area contributed by atoms with Crippen molar-refractivity contribution in [3.05, 3.63) is 48.0 Å². The van der Waals surface area contributed by atoms with Crippen LogP contribution in [0.2, 0.25) is 0 Å². The number of H-pyrrole nitrogens is 2. The van der Waals surface area contributed by atoms with Gasteiger partial charge in [-0.25, -0.2) is 0 Å². The minimum absolute atomic E-state index is 0.608. The first-order valence-corrected chi connectivity index (χ1v) is 5.28. The van der Waals surface area contributed by atoms with Gasteiger partial charge in [0.2, 0.25) is 0 Å². The number of aldehydes is 1. The predicted octanol–water partition coefficient (Wildman–Crippen LogP) is 1.22. The average molecular weight is 232 g/mol. The molecule has 2 aromatic rings. The number of aromatic nitrogens is 2. The molecule has 17 heavy (non-hydrogen) atoms. The van der Waals surface area contributed by atoms with Gasteiger partial charge in [0.05, 0.1) is 17.9 Å². The van der Waals surface area contributed by atoms with E-state index in [1.165, 1.54) is 0 Å². The van der Waals surface area contributed by atoms with Gasteiger partial charge in [-0.1, -0.05) is 0 Å². The minimum atomic E-state index is 0.608. The van der Waals surface area contributed by atoms with Crippen LogP contribution in [-0.4, -0.2) is 35.6 Å². The lowest BCUT2D eigenvalue weighted by Crippen LogP contribution is -2.02. The third-order valence-electron chi connectivity index (χ3n) is 1.86. The van der Waals surface area contributed by atoms with Crippen molar-refractivity contribution in [2.24, 2.45) is 10.7 Å². The maximum Gasteiger partial charge on any atom is 0.166 e. The second-order valence-corrected chi connectivity index (χ2v) is 3.19. The molecule has 2 aromatic heterocycles. The molecule has 90 valence electrons. The van der Waals surface area contributed by atoms with Gasteiger partial charge in [0.25, 0.3) is 0 Å². The molecule has 0 aliphatic heterocycles. The molecule has 2 heterocycles. The molecule has 0 saturated carbocycles. The Hall–Kier alpha value is -2.14. The van der Waals surface area contributed by atoms with E-state index < -0.39 is 0 Å². The summed E-state index contributed by atoms with van der Waals surface area (Å²) in [6.07, 6.45) is 6.14. The Morgan fingerprint density at radius 1 is 1.18 bits per heavy atom. The number of nitrogens with zero attached hydrogens (tertiary/aromatic N) is 1. The van der Waals surface area contributed by atoms with Crippen molar-refractivity contribution in [1.29, 1.82) is 0 Å². The maximum absolute atomic E-state index is 9.84. The van der Waals surface area contributed by atoms with Crippen molar-refractivity contribution in [3.8, 4) is 0 Å². The molecule has 0 atom stereocenters. The van der Waals surface area contributed by atoms with Crippen LogP contribution >= 0.6 is 0 Å². The lowest BCUT2D eigenvalue weighted by molar-refractivity contribution is 0.111. The molecular weight excluding hydrogens is 216 g/mol. The molecule has 5 heteroatoms. The fraction of sp³-hybridized carbons (Fsp3) is 0.167. The van der Waals surface area contributed by atoms with E-state index in [0.29, 0.717) is 18.8 Å². The first-order valence-electron chi connectivity index (χ1n) is 5.28. The van der Waals surface area contributed by atoms with Crippen molar-refractivity contribution in [1.82, 2.24) is 9.97 Å². The molecule has 0 radical (unpaired) electrons. The number of aromatic amines is 2. The van der Waals surface area contributed by atoms with Gasteiger partial charge in [-0.05, 0) is 24.3 Å². The van der Waals surface area contributed by atoms with Gasteiger partial charge >= 0.3 is 0 Å². The first-order chi connectivity index (χ1) is 8.36. The van der Waals surface area contributed by atoms with Crippen molar-refractivity contribution in [3.63, 3.8) is 0 Å². The molecule has 0 aliphatic rings. The zero-order valence-electron chi connectivity index (χ0n) is 9.47. The highest BCUT2D eigenvalue weighted by Gasteiger charge is 1.82. The fourth-order valence-electron chi connectivity index (χ4n) is 1.08. The van der Waals surface area contributed by atoms with E-state index in [4.69, 9.17) is 5.73 Å². The Kier molecular flexibility index (Phi) is 6.13. The summed E-state index contributed by atoms with van der Waals surface area (Å²) in [7, 11) is 0. The van der Waals surface area contributed by atoms with E-state index in [1.807, 2.05) is 18.3 Å². The summed E-state index contributed by atoms with van der Waals surface area (Å²) >= 11 is 0. The van der Waals surface area contributed by atoms with E-state index in [-0.39, 0.29) is 0 Å². The van der Waals surface area contributed by atoms with Crippen molar-refractivity contribution < 1.29 is 4.79 Å². The third kappa shape index (κ3) is 5.48. The molecule has 5 nitrogen and oxygen atoms in total. The van der Waals surface area contributed by atoms with Crippen LogP contribution in [-0.2, 0) is 0 Å². The van der Waals surface area contributed by atoms with Crippen LogP contribution in [0.25, 0.3) is 0 Å². The van der Waals surface area contributed by atoms with Crippen LogP contribution in [0.4, 0.5) is 0 Å². The zero-order chi connectivity index (χ0) is 12.3. The predicted molar refractivity (Wildman–Crippen MR) is 68.5 cm³/mol. The highest BCUT2D eigenvalue weighted by atomic mass is 16.1. The third-order valence-corrected chi connectivity index (χ3v) is 1.86. The van der Waals surface area contributed by atoms with Crippen LogP contribution in [0.1, 0.15) is 16.2 Å². The summed E-state index contributed by atoms with van der Waals surface area (Å²) in [6, 6.07) is 7.39. The van der Waals surface area contributed by atoms with E-state index in [0.717, 1.165) is 12.0 Å². The standard InChI is InChI=1S/C7H11N3.C5H5NO/c8-3-5-9-6-7-2-1-4-10-7;7-4-5-2-1-3-6-5/h1-2,4,6,10H,3,5,8H2;1-4,6H. The highest BCUT2D eigenvalue weighted by Crippen LogP contribution is 1.88. The molecule has 0 spiro atoms. The largest absolute Gasteiger partial charge is 0.360 e. The molecule has 2 rings (SSSR count). The molecule has 4 N–H and O–H groups in total. The van der Waals surface area contributed by atoms with Crippen LogP contribution in [0.3, 0.4) is 0 Å². The molecule has 0 bridgehead atoms. The van der Waals surface area contributed by atoms with Gasteiger partial charge in [-0.15, -0.1) is 0 Å². The Morgan fingerprint density at radius 2 is 1.82 bits per heavy atom. The average Bonchev–Trinajstić information content (AvgIpc) is 3.03. The summed E-state index contributed by atoms with van der Waals surface area (Å²) in [5.74, 6) is 0. The normalized spacial score (nSPS) is 9.94. The van der Waals surface area contributed by atoms with Gasteiger partial charge in [0.15, 0.2) is 6.29 Å². The summed E-state index contributed by atoms with van der Waals surface area (Å²) < 4.78 is 0. The quantitative estimate of drug-likeness (QED) is 0.546. The number of nitrogens with one attached hydrogen (secondary N) is 2. The fourth-order valence-corrected chi connectivity index (χ4v) is 1.08. The number of carbonyl (C=O) groups is 1. The zero-order valence-corrected chi connectivity index (χ0v) is 9.47. The Morgan fingerprint density at radius 3 is 2.24 bits per heavy atom. The van der Waals surface area contributed by atoms with Crippen LogP contribution < -0.4 is 5.73 Å². The second kappa shape index (κ2) is 8.06. The van der Waals surface area contributed by atoms with Gasteiger partial charge in [0.1, 0.15) is 0 Å². The maximum atomic E-state index is 9.84. The lowest BCUT2D eigenvalue weighted by Gasteiger charge is -1.84. The van der Waals surface area contributed by atoms with E-state index >= 15 is 0 Å². The SMILES string of the molecule is NCCN=Cc1ccc[nH]1.O=Cc1ccc[nH]1. The second-order valence-electron chi connectivity index (χ2n) is 3.19. The first kappa shape index (κ1) is 12.9. The van der Waals surface area contributed by atoms with E-state index in [9.17, 15) is 4.79 Å². The smallest absolute Gasteiger partial charge is 0.166 e. The summed E-state index contributed by atoms with van der Waals surface area (Å²) in [5.41, 5.74) is 6.89. The number of aliphatic imine (C=N–C) groups is 1. The Labute approximate surface area is 99.8 Å². The van der Waals surface area contributed by atoms with E-state index in [2.05, 4.69) is 15.0 Å². The topological polar surface area (TPSA) is 87.0 Å². The molecule has 0 amide bonds. The van der Waals surface area contributed by atoms with Crippen molar-refractivity contribution in [2.45, 2.75) is 0 Å². The summed E-state index contributed by atoms with van der Waals surface area (Å²) in [5, 5.41) is 0. The van der Waals surface area contributed by atoms with Gasteiger partial charge in [-0.3, -0.25) is 9.79 Å². The lowest BCUT2D eigenvalue weighted by atomic mass is 10.5. The van der Waals surface area contributed by atoms with Crippen LogP contribution in [0, 0.1) is 0 Å². The summed E-state index contributed by atoms with van der Waals surface area (Å²) in [4.78, 5) is 19.6. The number of carbonyl (C=O) groups excluding carboxylic acids is 1. The highest BCUT2D eigenvalue weighted by molar-refractivity contribution is 5.76. The minimum Gasteiger partial charge on any atom is -0.360 e. The molecule has 0 saturated heterocycles. The van der Waals surface area contributed by atoms with Gasteiger partial charge in [-0.2, -0.15) is 0 Å². The summed E-state index contributed by atoms with van der Waals surface area (Å²) in [6.45, 7) is 1.30. The Balaban J connectivity index is 0.000000181. The monoisotopic (exact) mass is 232 g/mol. The number of nitrogens with two attached hydrogens (primary N) is 1. The van der Waals surface area contributed by atoms with Gasteiger partial charge in [0, 0.05) is 25.2 Å². The van der Waals surface area contributed by atoms with Crippen molar-refractivity contribution >= 4 is 12.5 Å². The Bertz CT molecular complexity index is 417. The number of hydrogen-bond donors (Lipinski definition) is 3. The number of rotatable bonds is 4. The van der Waals surface area contributed by atoms with Crippen LogP contribution in [0.15, 0.2) is 41.7 Å². The molecular formula is C12H16N4O. The molecule has 0 aromatic carbocycles. The molecule has 0 aliphatic carbocycles. The number of hydrogen-bond acceptors (Lipinski definition) is 3. The van der Waals surface area contributed by atoms with Crippen molar-refractivity contribution in [2.75, 3.05) is 13.1 Å². The molecule has 0 unspecified atom stereocenters. The molecule has 0 fully saturated rings. The van der Waals surface area contributed by atoms with E-state index in [1.54, 1.807) is 24.5 Å².